The molecule has 0 spiro atoms. The summed E-state index contributed by atoms with van der Waals surface area (Å²) in [5.74, 6) is 0. The molecule has 0 fully saturated rings. The largest absolute Gasteiger partial charge is 0.306 e. The van der Waals surface area contributed by atoms with Crippen LogP contribution in [0.25, 0.3) is 11.7 Å². The van der Waals surface area contributed by atoms with Gasteiger partial charge < -0.3 is 4.40 Å². The number of nitrogens with zero attached hydrogens (tertiary/aromatic N) is 2. The van der Waals surface area contributed by atoms with Gasteiger partial charge in [0.1, 0.15) is 5.65 Å². The quantitative estimate of drug-likeness (QED) is 0.646. The highest BCUT2D eigenvalue weighted by molar-refractivity contribution is 5.52. The van der Waals surface area contributed by atoms with Gasteiger partial charge in [0.2, 0.25) is 0 Å². The number of hydrogen-bond acceptors (Lipinski definition) is 1. The van der Waals surface area contributed by atoms with E-state index in [1.54, 1.807) is 0 Å². The molecule has 0 aliphatic heterocycles. The summed E-state index contributed by atoms with van der Waals surface area (Å²) in [6, 6.07) is 6.00. The second-order valence-corrected chi connectivity index (χ2v) is 3.35. The molecule has 0 atom stereocenters. The van der Waals surface area contributed by atoms with Gasteiger partial charge in [-0.3, -0.25) is 0 Å². The summed E-state index contributed by atoms with van der Waals surface area (Å²) in [5, 5.41) is 0. The molecule has 2 aromatic rings. The minimum Gasteiger partial charge on any atom is -0.306 e. The fourth-order valence-electron chi connectivity index (χ4n) is 1.32. The van der Waals surface area contributed by atoms with Crippen molar-refractivity contribution in [3.05, 3.63) is 41.9 Å². The fraction of sp³-hybridized carbons (Fsp3) is 0.182. The first kappa shape index (κ1) is 8.05. The minimum absolute atomic E-state index is 0.995. The van der Waals surface area contributed by atoms with E-state index in [1.165, 1.54) is 5.57 Å². The van der Waals surface area contributed by atoms with Gasteiger partial charge in [-0.1, -0.05) is 11.6 Å². The van der Waals surface area contributed by atoms with E-state index in [4.69, 9.17) is 0 Å². The summed E-state index contributed by atoms with van der Waals surface area (Å²) in [5.41, 5.74) is 3.28. The highest BCUT2D eigenvalue weighted by Crippen LogP contribution is 2.07. The number of aromatic nitrogens is 2. The van der Waals surface area contributed by atoms with Gasteiger partial charge >= 0.3 is 0 Å². The maximum Gasteiger partial charge on any atom is 0.137 e. The van der Waals surface area contributed by atoms with Crippen LogP contribution in [-0.4, -0.2) is 9.38 Å². The molecule has 2 nitrogen and oxygen atoms in total. The maximum atomic E-state index is 4.44. The van der Waals surface area contributed by atoms with Gasteiger partial charge in [-0.05, 0) is 32.1 Å². The van der Waals surface area contributed by atoms with Gasteiger partial charge in [-0.25, -0.2) is 4.98 Å². The molecule has 2 heterocycles. The van der Waals surface area contributed by atoms with Crippen molar-refractivity contribution in [1.82, 2.24) is 9.38 Å². The molecule has 2 aromatic heterocycles. The van der Waals surface area contributed by atoms with Crippen LogP contribution >= 0.6 is 0 Å². The van der Waals surface area contributed by atoms with E-state index in [1.807, 2.05) is 35.0 Å². The van der Waals surface area contributed by atoms with Crippen LogP contribution in [0.5, 0.6) is 0 Å². The lowest BCUT2D eigenvalue weighted by molar-refractivity contribution is 1.19. The molecule has 0 aliphatic rings. The molecule has 0 bridgehead atoms. The molecule has 0 amide bonds. The van der Waals surface area contributed by atoms with Crippen molar-refractivity contribution in [2.45, 2.75) is 13.8 Å². The molecular formula is C11H12N2. The predicted octanol–water partition coefficient (Wildman–Crippen LogP) is 2.76. The number of fused-ring (bicyclic) bond motifs is 1. The van der Waals surface area contributed by atoms with E-state index < -0.39 is 0 Å². The zero-order valence-corrected chi connectivity index (χ0v) is 7.86. The summed E-state index contributed by atoms with van der Waals surface area (Å²) >= 11 is 0. The number of imidazole rings is 1. The van der Waals surface area contributed by atoms with Crippen LogP contribution in [0, 0.1) is 0 Å². The lowest BCUT2D eigenvalue weighted by Crippen LogP contribution is -1.77. The van der Waals surface area contributed by atoms with E-state index in [0.29, 0.717) is 0 Å². The summed E-state index contributed by atoms with van der Waals surface area (Å²) in [4.78, 5) is 4.44. The molecular weight excluding hydrogens is 160 g/mol. The van der Waals surface area contributed by atoms with Gasteiger partial charge in [-0.2, -0.15) is 0 Å². The van der Waals surface area contributed by atoms with Crippen molar-refractivity contribution < 1.29 is 0 Å². The Balaban J connectivity index is 2.56. The molecule has 0 saturated carbocycles. The third kappa shape index (κ3) is 1.61. The van der Waals surface area contributed by atoms with E-state index in [0.717, 1.165) is 11.3 Å². The fourth-order valence-corrected chi connectivity index (χ4v) is 1.32. The smallest absolute Gasteiger partial charge is 0.137 e. The van der Waals surface area contributed by atoms with Crippen LogP contribution in [0.3, 0.4) is 0 Å². The summed E-state index contributed by atoms with van der Waals surface area (Å²) in [6.45, 7) is 4.15. The van der Waals surface area contributed by atoms with Crippen LogP contribution in [0.4, 0.5) is 0 Å². The zero-order chi connectivity index (χ0) is 9.26. The van der Waals surface area contributed by atoms with Gasteiger partial charge in [0.05, 0.1) is 5.69 Å². The molecule has 0 N–H and O–H groups in total. The Morgan fingerprint density at radius 3 is 2.92 bits per heavy atom. The van der Waals surface area contributed by atoms with Crippen LogP contribution < -0.4 is 0 Å². The Morgan fingerprint density at radius 1 is 1.38 bits per heavy atom. The summed E-state index contributed by atoms with van der Waals surface area (Å²) in [6.07, 6.45) is 6.11. The Morgan fingerprint density at radius 2 is 2.23 bits per heavy atom. The molecule has 2 heteroatoms. The van der Waals surface area contributed by atoms with Crippen molar-refractivity contribution >= 4 is 11.7 Å². The third-order valence-electron chi connectivity index (χ3n) is 1.82. The number of rotatable bonds is 1. The monoisotopic (exact) mass is 172 g/mol. The number of pyridine rings is 1. The molecule has 0 radical (unpaired) electrons. The van der Waals surface area contributed by atoms with Gasteiger partial charge in [0.15, 0.2) is 0 Å². The Labute approximate surface area is 77.5 Å². The Bertz CT molecular complexity index is 415. The van der Waals surface area contributed by atoms with E-state index >= 15 is 0 Å². The number of allylic oxidation sites excluding steroid dienone is 1. The van der Waals surface area contributed by atoms with Crippen molar-refractivity contribution in [1.29, 1.82) is 0 Å². The zero-order valence-electron chi connectivity index (χ0n) is 7.86. The number of hydrogen-bond donors (Lipinski definition) is 0. The Kier molecular flexibility index (Phi) is 1.89. The van der Waals surface area contributed by atoms with Crippen LogP contribution in [-0.2, 0) is 0 Å². The molecule has 0 aromatic carbocycles. The van der Waals surface area contributed by atoms with Gasteiger partial charge in [0.25, 0.3) is 0 Å². The molecule has 66 valence electrons. The van der Waals surface area contributed by atoms with E-state index in [9.17, 15) is 0 Å². The predicted molar refractivity (Wildman–Crippen MR) is 54.5 cm³/mol. The van der Waals surface area contributed by atoms with Crippen LogP contribution in [0.1, 0.15) is 19.5 Å². The second-order valence-electron chi connectivity index (χ2n) is 3.35. The van der Waals surface area contributed by atoms with Crippen LogP contribution in [0.15, 0.2) is 36.2 Å². The summed E-state index contributed by atoms with van der Waals surface area (Å²) in [7, 11) is 0. The first-order chi connectivity index (χ1) is 6.25. The van der Waals surface area contributed by atoms with Crippen molar-refractivity contribution in [2.24, 2.45) is 0 Å². The van der Waals surface area contributed by atoms with Crippen molar-refractivity contribution in [3.63, 3.8) is 0 Å². The maximum absolute atomic E-state index is 4.44. The molecule has 0 unspecified atom stereocenters. The van der Waals surface area contributed by atoms with E-state index in [-0.39, 0.29) is 0 Å². The Hall–Kier alpha value is -1.57. The topological polar surface area (TPSA) is 17.3 Å². The SMILES string of the molecule is CC(C)=Cc1cn2ccccc2n1. The first-order valence-electron chi connectivity index (χ1n) is 4.34. The standard InChI is InChI=1S/C11H12N2/c1-9(2)7-10-8-13-6-4-3-5-11(13)12-10/h3-8H,1-2H3. The highest BCUT2D eigenvalue weighted by Gasteiger charge is 1.96. The molecule has 0 aliphatic carbocycles. The van der Waals surface area contributed by atoms with Gasteiger partial charge in [0, 0.05) is 12.4 Å². The second kappa shape index (κ2) is 3.05. The third-order valence-corrected chi connectivity index (χ3v) is 1.82. The van der Waals surface area contributed by atoms with Gasteiger partial charge in [-0.15, -0.1) is 0 Å². The average molecular weight is 172 g/mol. The highest BCUT2D eigenvalue weighted by atomic mass is 15.0. The average Bonchev–Trinajstić information content (AvgIpc) is 2.44. The van der Waals surface area contributed by atoms with Crippen molar-refractivity contribution in [3.8, 4) is 0 Å². The minimum atomic E-state index is 0.995. The normalized spacial score (nSPS) is 10.3. The first-order valence-corrected chi connectivity index (χ1v) is 4.34. The molecule has 2 rings (SSSR count). The van der Waals surface area contributed by atoms with Crippen molar-refractivity contribution in [2.75, 3.05) is 0 Å². The van der Waals surface area contributed by atoms with Crippen LogP contribution in [0.2, 0.25) is 0 Å². The molecule has 0 saturated heterocycles. The van der Waals surface area contributed by atoms with E-state index in [2.05, 4.69) is 24.9 Å². The lowest BCUT2D eigenvalue weighted by Gasteiger charge is -1.86. The summed E-state index contributed by atoms with van der Waals surface area (Å²) < 4.78 is 2.02. The lowest BCUT2D eigenvalue weighted by atomic mass is 10.3. The molecule has 13 heavy (non-hydrogen) atoms.